The van der Waals surface area contributed by atoms with Gasteiger partial charge in [0, 0.05) is 32.4 Å². The van der Waals surface area contributed by atoms with Crippen LogP contribution < -0.4 is 4.74 Å². The van der Waals surface area contributed by atoms with Gasteiger partial charge < -0.3 is 14.2 Å². The third kappa shape index (κ3) is 6.69. The lowest BCUT2D eigenvalue weighted by Crippen LogP contribution is -2.25. The van der Waals surface area contributed by atoms with E-state index in [1.165, 1.54) is 38.1 Å². The number of non-ortho nitro benzene ring substituents is 1. The first-order valence-electron chi connectivity index (χ1n) is 6.56. The molecule has 0 heterocycles. The number of nitrogens with zero attached hydrogens (tertiary/aromatic N) is 1. The van der Waals surface area contributed by atoms with Crippen molar-refractivity contribution in [2.45, 2.75) is 26.4 Å². The number of carbonyl (C=O) groups excluding carboxylic acids is 2. The second-order valence-corrected chi connectivity index (χ2v) is 4.42. The Bertz CT molecular complexity index is 526. The number of nitro groups is 1. The van der Waals surface area contributed by atoms with Crippen LogP contribution in [0.25, 0.3) is 0 Å². The molecule has 0 spiro atoms. The summed E-state index contributed by atoms with van der Waals surface area (Å²) in [5, 5.41) is 10.5. The fourth-order valence-electron chi connectivity index (χ4n) is 1.59. The van der Waals surface area contributed by atoms with Gasteiger partial charge in [-0.05, 0) is 12.1 Å². The second-order valence-electron chi connectivity index (χ2n) is 4.42. The molecule has 1 rings (SSSR count). The van der Waals surface area contributed by atoms with Crippen LogP contribution in [0.15, 0.2) is 24.3 Å². The van der Waals surface area contributed by atoms with Crippen molar-refractivity contribution in [1.82, 2.24) is 0 Å². The molecular formula is C14H17NO7. The van der Waals surface area contributed by atoms with Gasteiger partial charge in [0.25, 0.3) is 5.69 Å². The Labute approximate surface area is 127 Å². The molecule has 0 amide bonds. The number of esters is 2. The van der Waals surface area contributed by atoms with Crippen molar-refractivity contribution in [1.29, 1.82) is 0 Å². The normalized spacial score (nSPS) is 11.4. The number of hydrogen-bond donors (Lipinski definition) is 0. The maximum Gasteiger partial charge on any atom is 0.303 e. The van der Waals surface area contributed by atoms with E-state index in [9.17, 15) is 19.7 Å². The lowest BCUT2D eigenvalue weighted by Gasteiger charge is -2.16. The summed E-state index contributed by atoms with van der Waals surface area (Å²) in [6, 6.07) is 5.62. The smallest absolute Gasteiger partial charge is 0.303 e. The molecule has 1 aromatic rings. The van der Waals surface area contributed by atoms with Gasteiger partial charge in [0.2, 0.25) is 0 Å². The molecular weight excluding hydrogens is 294 g/mol. The standard InChI is InChI=1S/C14H17NO7/c1-10(16)21-9-14(22-11(2)17)7-8-20-13-5-3-12(4-6-13)15(18)19/h3-6,14H,7-9H2,1-2H3/t14-/m1/s1. The quantitative estimate of drug-likeness (QED) is 0.410. The molecule has 0 bridgehead atoms. The van der Waals surface area contributed by atoms with E-state index in [0.717, 1.165) is 0 Å². The summed E-state index contributed by atoms with van der Waals surface area (Å²) in [4.78, 5) is 31.8. The van der Waals surface area contributed by atoms with Crippen LogP contribution in [0.4, 0.5) is 5.69 Å². The van der Waals surface area contributed by atoms with Crippen LogP contribution in [0.5, 0.6) is 5.75 Å². The van der Waals surface area contributed by atoms with Crippen molar-refractivity contribution in [2.24, 2.45) is 0 Å². The van der Waals surface area contributed by atoms with Crippen LogP contribution in [-0.2, 0) is 19.1 Å². The Morgan fingerprint density at radius 3 is 2.32 bits per heavy atom. The van der Waals surface area contributed by atoms with Crippen LogP contribution >= 0.6 is 0 Å². The summed E-state index contributed by atoms with van der Waals surface area (Å²) in [6.07, 6.45) is -0.274. The van der Waals surface area contributed by atoms with Crippen molar-refractivity contribution < 1.29 is 28.7 Å². The zero-order valence-electron chi connectivity index (χ0n) is 12.3. The first kappa shape index (κ1) is 17.4. The van der Waals surface area contributed by atoms with Gasteiger partial charge in [-0.2, -0.15) is 0 Å². The van der Waals surface area contributed by atoms with Crippen LogP contribution in [0, 0.1) is 10.1 Å². The highest BCUT2D eigenvalue weighted by molar-refractivity contribution is 5.67. The summed E-state index contributed by atoms with van der Waals surface area (Å²) < 4.78 is 15.2. The van der Waals surface area contributed by atoms with Crippen LogP contribution in [0.3, 0.4) is 0 Å². The van der Waals surface area contributed by atoms with Crippen LogP contribution in [-0.4, -0.2) is 36.2 Å². The number of hydrogen-bond acceptors (Lipinski definition) is 7. The third-order valence-corrected chi connectivity index (χ3v) is 2.56. The molecule has 22 heavy (non-hydrogen) atoms. The minimum Gasteiger partial charge on any atom is -0.493 e. The summed E-state index contributed by atoms with van der Waals surface area (Å²) in [7, 11) is 0. The molecule has 0 unspecified atom stereocenters. The number of ether oxygens (including phenoxy) is 3. The zero-order chi connectivity index (χ0) is 16.5. The number of rotatable bonds is 8. The molecule has 0 fully saturated rings. The van der Waals surface area contributed by atoms with E-state index < -0.39 is 23.0 Å². The van der Waals surface area contributed by atoms with Crippen molar-refractivity contribution >= 4 is 17.6 Å². The minimum atomic E-state index is -0.598. The molecule has 0 aliphatic rings. The van der Waals surface area contributed by atoms with E-state index in [0.29, 0.717) is 12.2 Å². The van der Waals surface area contributed by atoms with Gasteiger partial charge >= 0.3 is 11.9 Å². The molecule has 0 radical (unpaired) electrons. The van der Waals surface area contributed by atoms with Gasteiger partial charge in [-0.3, -0.25) is 19.7 Å². The zero-order valence-corrected chi connectivity index (χ0v) is 12.3. The fraction of sp³-hybridized carbons (Fsp3) is 0.429. The first-order valence-corrected chi connectivity index (χ1v) is 6.56. The number of nitro benzene ring substituents is 1. The summed E-state index contributed by atoms with van der Waals surface area (Å²) in [6.45, 7) is 2.69. The van der Waals surface area contributed by atoms with Gasteiger partial charge in [-0.1, -0.05) is 0 Å². The summed E-state index contributed by atoms with van der Waals surface area (Å²) >= 11 is 0. The lowest BCUT2D eigenvalue weighted by atomic mass is 10.2. The highest BCUT2D eigenvalue weighted by atomic mass is 16.6. The monoisotopic (exact) mass is 311 g/mol. The number of carbonyl (C=O) groups is 2. The van der Waals surface area contributed by atoms with E-state index in [1.807, 2.05) is 0 Å². The van der Waals surface area contributed by atoms with E-state index in [2.05, 4.69) is 0 Å². The third-order valence-electron chi connectivity index (χ3n) is 2.56. The first-order chi connectivity index (χ1) is 10.4. The van der Waals surface area contributed by atoms with E-state index in [4.69, 9.17) is 14.2 Å². The van der Waals surface area contributed by atoms with Crippen molar-refractivity contribution in [3.63, 3.8) is 0 Å². The van der Waals surface area contributed by atoms with Crippen LogP contribution in [0.1, 0.15) is 20.3 Å². The SMILES string of the molecule is CC(=O)OC[C@@H](CCOc1ccc([N+](=O)[O-])cc1)OC(C)=O. The second kappa shape index (κ2) is 8.60. The highest BCUT2D eigenvalue weighted by Gasteiger charge is 2.14. The molecule has 1 aromatic carbocycles. The maximum atomic E-state index is 11.0. The van der Waals surface area contributed by atoms with Gasteiger partial charge in [-0.25, -0.2) is 0 Å². The van der Waals surface area contributed by atoms with Crippen molar-refractivity contribution in [3.05, 3.63) is 34.4 Å². The predicted octanol–water partition coefficient (Wildman–Crippen LogP) is 1.86. The molecule has 8 heteroatoms. The van der Waals surface area contributed by atoms with E-state index in [1.54, 1.807) is 0 Å². The van der Waals surface area contributed by atoms with Gasteiger partial charge in [0.1, 0.15) is 18.5 Å². The van der Waals surface area contributed by atoms with Gasteiger partial charge in [0.15, 0.2) is 0 Å². The molecule has 0 saturated heterocycles. The molecule has 0 aliphatic heterocycles. The molecule has 0 saturated carbocycles. The molecule has 8 nitrogen and oxygen atoms in total. The maximum absolute atomic E-state index is 11.0. The van der Waals surface area contributed by atoms with Gasteiger partial charge in [0.05, 0.1) is 11.5 Å². The number of benzene rings is 1. The topological polar surface area (TPSA) is 105 Å². The van der Waals surface area contributed by atoms with Crippen molar-refractivity contribution in [2.75, 3.05) is 13.2 Å². The van der Waals surface area contributed by atoms with Gasteiger partial charge in [-0.15, -0.1) is 0 Å². The molecule has 1 atom stereocenters. The van der Waals surface area contributed by atoms with E-state index >= 15 is 0 Å². The van der Waals surface area contributed by atoms with E-state index in [-0.39, 0.29) is 18.9 Å². The average molecular weight is 311 g/mol. The van der Waals surface area contributed by atoms with Crippen molar-refractivity contribution in [3.8, 4) is 5.75 Å². The minimum absolute atomic E-state index is 0.0278. The molecule has 0 aliphatic carbocycles. The average Bonchev–Trinajstić information content (AvgIpc) is 2.44. The predicted molar refractivity (Wildman–Crippen MR) is 75.4 cm³/mol. The Hall–Kier alpha value is -2.64. The lowest BCUT2D eigenvalue weighted by molar-refractivity contribution is -0.384. The largest absolute Gasteiger partial charge is 0.493 e. The Kier molecular flexibility index (Phi) is 6.81. The Morgan fingerprint density at radius 1 is 1.18 bits per heavy atom. The molecule has 0 aromatic heterocycles. The summed E-state index contributed by atoms with van der Waals surface area (Å²) in [5.74, 6) is -0.486. The Morgan fingerprint density at radius 2 is 1.82 bits per heavy atom. The molecule has 0 N–H and O–H groups in total. The molecule has 120 valence electrons. The highest BCUT2D eigenvalue weighted by Crippen LogP contribution is 2.17. The summed E-state index contributed by atoms with van der Waals surface area (Å²) in [5.41, 5.74) is -0.0278. The van der Waals surface area contributed by atoms with Crippen LogP contribution in [0.2, 0.25) is 0 Å². The fourth-order valence-corrected chi connectivity index (χ4v) is 1.59. The Balaban J connectivity index is 2.45.